The van der Waals surface area contributed by atoms with E-state index in [0.717, 1.165) is 35.1 Å². The molecular weight excluding hydrogens is 278 g/mol. The summed E-state index contributed by atoms with van der Waals surface area (Å²) < 4.78 is 1.03. The topological polar surface area (TPSA) is 23.5 Å². The summed E-state index contributed by atoms with van der Waals surface area (Å²) in [4.78, 5) is 2.21. The first-order valence-electron chi connectivity index (χ1n) is 5.85. The number of allylic oxidation sites excluding steroid dienone is 1. The molecule has 1 N–H and O–H groups in total. The van der Waals surface area contributed by atoms with Crippen LogP contribution in [0, 0.1) is 0 Å². The highest BCUT2D eigenvalue weighted by atomic mass is 79.9. The highest BCUT2D eigenvalue weighted by Gasteiger charge is 2.08. The van der Waals surface area contributed by atoms with Crippen molar-refractivity contribution in [1.29, 1.82) is 0 Å². The SMILES string of the molecule is C=CCCCN(C)c1ccc([C@@H](C)O)cc1Br. The number of halogens is 1. The van der Waals surface area contributed by atoms with E-state index >= 15 is 0 Å². The maximum atomic E-state index is 9.51. The maximum Gasteiger partial charge on any atom is 0.0762 e. The van der Waals surface area contributed by atoms with E-state index in [0.29, 0.717) is 0 Å². The molecule has 0 heterocycles. The summed E-state index contributed by atoms with van der Waals surface area (Å²) in [6.07, 6.45) is 3.66. The van der Waals surface area contributed by atoms with E-state index in [1.807, 2.05) is 24.3 Å². The van der Waals surface area contributed by atoms with Gasteiger partial charge in [-0.15, -0.1) is 6.58 Å². The lowest BCUT2D eigenvalue weighted by Crippen LogP contribution is -2.18. The molecule has 0 unspecified atom stereocenters. The van der Waals surface area contributed by atoms with Gasteiger partial charge in [-0.1, -0.05) is 12.1 Å². The Hall–Kier alpha value is -0.800. The zero-order chi connectivity index (χ0) is 12.8. The van der Waals surface area contributed by atoms with Gasteiger partial charge in [-0.25, -0.2) is 0 Å². The third-order valence-corrected chi connectivity index (χ3v) is 3.40. The Labute approximate surface area is 112 Å². The molecule has 0 aliphatic heterocycles. The van der Waals surface area contributed by atoms with Crippen molar-refractivity contribution in [2.45, 2.75) is 25.9 Å². The lowest BCUT2D eigenvalue weighted by molar-refractivity contribution is 0.199. The molecule has 2 nitrogen and oxygen atoms in total. The summed E-state index contributed by atoms with van der Waals surface area (Å²) in [7, 11) is 2.07. The highest BCUT2D eigenvalue weighted by molar-refractivity contribution is 9.10. The van der Waals surface area contributed by atoms with Gasteiger partial charge in [0.15, 0.2) is 0 Å². The fourth-order valence-electron chi connectivity index (χ4n) is 1.69. The van der Waals surface area contributed by atoms with Crippen LogP contribution in [-0.4, -0.2) is 18.7 Å². The molecule has 1 rings (SSSR count). The molecule has 1 aromatic carbocycles. The maximum absolute atomic E-state index is 9.51. The van der Waals surface area contributed by atoms with Crippen molar-refractivity contribution in [1.82, 2.24) is 0 Å². The highest BCUT2D eigenvalue weighted by Crippen LogP contribution is 2.28. The smallest absolute Gasteiger partial charge is 0.0762 e. The standard InChI is InChI=1S/C14H20BrNO/c1-4-5-6-9-16(3)14-8-7-12(11(2)17)10-13(14)15/h4,7-8,10-11,17H,1,5-6,9H2,2-3H3/t11-/m1/s1. The number of nitrogens with zero attached hydrogens (tertiary/aromatic N) is 1. The number of benzene rings is 1. The number of hydrogen-bond donors (Lipinski definition) is 1. The minimum Gasteiger partial charge on any atom is -0.389 e. The van der Waals surface area contributed by atoms with Gasteiger partial charge >= 0.3 is 0 Å². The second-order valence-electron chi connectivity index (χ2n) is 4.24. The second kappa shape index (κ2) is 6.82. The summed E-state index contributed by atoms with van der Waals surface area (Å²) >= 11 is 3.55. The van der Waals surface area contributed by atoms with Crippen LogP contribution in [0.2, 0.25) is 0 Å². The summed E-state index contributed by atoms with van der Waals surface area (Å²) in [6.45, 7) is 6.49. The largest absolute Gasteiger partial charge is 0.389 e. The Kier molecular flexibility index (Phi) is 5.72. The van der Waals surface area contributed by atoms with Crippen molar-refractivity contribution in [3.63, 3.8) is 0 Å². The van der Waals surface area contributed by atoms with Crippen molar-refractivity contribution < 1.29 is 5.11 Å². The van der Waals surface area contributed by atoms with E-state index in [-0.39, 0.29) is 0 Å². The molecule has 0 saturated heterocycles. The summed E-state index contributed by atoms with van der Waals surface area (Å²) in [5.74, 6) is 0. The lowest BCUT2D eigenvalue weighted by Gasteiger charge is -2.21. The number of unbranched alkanes of at least 4 members (excludes halogenated alkanes) is 1. The van der Waals surface area contributed by atoms with Gasteiger partial charge in [0.25, 0.3) is 0 Å². The van der Waals surface area contributed by atoms with Crippen molar-refractivity contribution in [3.8, 4) is 0 Å². The van der Waals surface area contributed by atoms with Crippen LogP contribution in [0.15, 0.2) is 35.3 Å². The van der Waals surface area contributed by atoms with Gasteiger partial charge in [-0.05, 0) is 53.4 Å². The number of rotatable bonds is 6. The Morgan fingerprint density at radius 2 is 2.24 bits per heavy atom. The van der Waals surface area contributed by atoms with Gasteiger partial charge in [0.05, 0.1) is 11.8 Å². The quantitative estimate of drug-likeness (QED) is 0.636. The number of aliphatic hydroxyl groups excluding tert-OH is 1. The Bertz CT molecular complexity index is 376. The second-order valence-corrected chi connectivity index (χ2v) is 5.09. The number of aliphatic hydroxyl groups is 1. The van der Waals surface area contributed by atoms with Crippen molar-refractivity contribution >= 4 is 21.6 Å². The molecule has 0 spiro atoms. The van der Waals surface area contributed by atoms with Crippen LogP contribution in [0.3, 0.4) is 0 Å². The van der Waals surface area contributed by atoms with Crippen molar-refractivity contribution in [2.24, 2.45) is 0 Å². The van der Waals surface area contributed by atoms with Crippen molar-refractivity contribution in [2.75, 3.05) is 18.5 Å². The fourth-order valence-corrected chi connectivity index (χ4v) is 2.39. The predicted molar refractivity (Wildman–Crippen MR) is 77.5 cm³/mol. The molecule has 1 atom stereocenters. The van der Waals surface area contributed by atoms with Gasteiger partial charge in [0.1, 0.15) is 0 Å². The molecule has 0 bridgehead atoms. The van der Waals surface area contributed by atoms with Crippen LogP contribution in [0.25, 0.3) is 0 Å². The number of hydrogen-bond acceptors (Lipinski definition) is 2. The predicted octanol–water partition coefficient (Wildman–Crippen LogP) is 3.90. The van der Waals surface area contributed by atoms with E-state index in [9.17, 15) is 5.11 Å². The summed E-state index contributed by atoms with van der Waals surface area (Å²) in [5, 5.41) is 9.51. The first kappa shape index (κ1) is 14.3. The zero-order valence-electron chi connectivity index (χ0n) is 10.5. The Balaban J connectivity index is 2.73. The van der Waals surface area contributed by atoms with Gasteiger partial charge < -0.3 is 10.0 Å². The monoisotopic (exact) mass is 297 g/mol. The zero-order valence-corrected chi connectivity index (χ0v) is 12.1. The molecule has 0 aliphatic carbocycles. The van der Waals surface area contributed by atoms with E-state index in [2.05, 4.69) is 34.5 Å². The van der Waals surface area contributed by atoms with E-state index < -0.39 is 6.10 Å². The fraction of sp³-hybridized carbons (Fsp3) is 0.429. The Morgan fingerprint density at radius 3 is 2.76 bits per heavy atom. The molecule has 17 heavy (non-hydrogen) atoms. The van der Waals surface area contributed by atoms with E-state index in [1.165, 1.54) is 0 Å². The molecule has 0 amide bonds. The van der Waals surface area contributed by atoms with Gasteiger partial charge in [0.2, 0.25) is 0 Å². The van der Waals surface area contributed by atoms with Crippen molar-refractivity contribution in [3.05, 3.63) is 40.9 Å². The third kappa shape index (κ3) is 4.17. The first-order chi connectivity index (χ1) is 8.06. The average molecular weight is 298 g/mol. The van der Waals surface area contributed by atoms with Crippen LogP contribution >= 0.6 is 15.9 Å². The van der Waals surface area contributed by atoms with Crippen LogP contribution in [0.5, 0.6) is 0 Å². The average Bonchev–Trinajstić information content (AvgIpc) is 2.28. The van der Waals surface area contributed by atoms with Gasteiger partial charge in [-0.2, -0.15) is 0 Å². The lowest BCUT2D eigenvalue weighted by atomic mass is 10.1. The molecule has 0 saturated carbocycles. The van der Waals surface area contributed by atoms with Crippen LogP contribution in [0.1, 0.15) is 31.4 Å². The summed E-state index contributed by atoms with van der Waals surface area (Å²) in [5.41, 5.74) is 2.08. The Morgan fingerprint density at radius 1 is 1.53 bits per heavy atom. The molecule has 0 radical (unpaired) electrons. The van der Waals surface area contributed by atoms with Crippen LogP contribution in [0.4, 0.5) is 5.69 Å². The molecule has 0 fully saturated rings. The van der Waals surface area contributed by atoms with Crippen LogP contribution in [-0.2, 0) is 0 Å². The first-order valence-corrected chi connectivity index (χ1v) is 6.65. The minimum absolute atomic E-state index is 0.425. The van der Waals surface area contributed by atoms with Gasteiger partial charge in [-0.3, -0.25) is 0 Å². The normalized spacial score (nSPS) is 12.2. The number of anilines is 1. The molecule has 3 heteroatoms. The van der Waals surface area contributed by atoms with Gasteiger partial charge in [0, 0.05) is 18.1 Å². The molecule has 1 aromatic rings. The van der Waals surface area contributed by atoms with E-state index in [1.54, 1.807) is 6.92 Å². The molecule has 0 aliphatic rings. The summed E-state index contributed by atoms with van der Waals surface area (Å²) in [6, 6.07) is 5.98. The molecular formula is C14H20BrNO. The minimum atomic E-state index is -0.425. The third-order valence-electron chi connectivity index (χ3n) is 2.77. The van der Waals surface area contributed by atoms with Crippen LogP contribution < -0.4 is 4.90 Å². The van der Waals surface area contributed by atoms with E-state index in [4.69, 9.17) is 0 Å². The molecule has 0 aromatic heterocycles. The molecule has 94 valence electrons.